The molecule has 0 fully saturated rings. The van der Waals surface area contributed by atoms with Gasteiger partial charge >= 0.3 is 0 Å². The highest BCUT2D eigenvalue weighted by atomic mass is 35.5. The molecular weight excluding hydrogens is 427 g/mol. The lowest BCUT2D eigenvalue weighted by atomic mass is 9.72. The maximum atomic E-state index is 12.4. The third-order valence-electron chi connectivity index (χ3n) is 5.34. The highest BCUT2D eigenvalue weighted by molar-refractivity contribution is 7.17. The molecule has 1 aliphatic carbocycles. The molecule has 154 valence electrons. The third kappa shape index (κ3) is 5.03. The number of rotatable bonds is 4. The molecule has 29 heavy (non-hydrogen) atoms. The van der Waals surface area contributed by atoms with Crippen molar-refractivity contribution in [1.82, 2.24) is 0 Å². The third-order valence-corrected chi connectivity index (χ3v) is 7.25. The zero-order chi connectivity index (χ0) is 21.3. The van der Waals surface area contributed by atoms with Crippen LogP contribution >= 0.6 is 34.5 Å². The van der Waals surface area contributed by atoms with E-state index in [1.54, 1.807) is 24.3 Å². The first kappa shape index (κ1) is 21.9. The molecule has 0 radical (unpaired) electrons. The van der Waals surface area contributed by atoms with Gasteiger partial charge in [0.15, 0.2) is 0 Å². The van der Waals surface area contributed by atoms with Crippen molar-refractivity contribution in [2.75, 3.05) is 5.32 Å². The van der Waals surface area contributed by atoms with E-state index in [1.165, 1.54) is 17.4 Å². The Labute approximate surface area is 185 Å². The Morgan fingerprint density at radius 3 is 2.59 bits per heavy atom. The molecular formula is C22H24Cl2N2O2S. The number of primary amides is 1. The average molecular weight is 451 g/mol. The monoisotopic (exact) mass is 450 g/mol. The first-order chi connectivity index (χ1) is 13.6. The molecule has 1 unspecified atom stereocenters. The summed E-state index contributed by atoms with van der Waals surface area (Å²) < 4.78 is 0. The summed E-state index contributed by atoms with van der Waals surface area (Å²) >= 11 is 13.4. The Kier molecular flexibility index (Phi) is 6.42. The fraction of sp³-hybridized carbons (Fsp3) is 0.364. The number of benzene rings is 1. The highest BCUT2D eigenvalue weighted by Gasteiger charge is 2.33. The summed E-state index contributed by atoms with van der Waals surface area (Å²) in [5, 5.41) is 4.24. The Morgan fingerprint density at radius 1 is 1.24 bits per heavy atom. The fourth-order valence-corrected chi connectivity index (χ4v) is 5.26. The number of carbonyl (C=O) groups is 2. The molecule has 3 N–H and O–H groups in total. The molecule has 1 aromatic carbocycles. The lowest BCUT2D eigenvalue weighted by Gasteiger charge is -2.33. The molecule has 3 rings (SSSR count). The van der Waals surface area contributed by atoms with Gasteiger partial charge in [0, 0.05) is 11.0 Å². The van der Waals surface area contributed by atoms with E-state index in [2.05, 4.69) is 26.1 Å². The molecule has 1 aromatic heterocycles. The maximum absolute atomic E-state index is 12.4. The van der Waals surface area contributed by atoms with Gasteiger partial charge in [0.2, 0.25) is 5.91 Å². The van der Waals surface area contributed by atoms with Crippen molar-refractivity contribution in [2.45, 2.75) is 40.0 Å². The smallest absolute Gasteiger partial charge is 0.251 e. The van der Waals surface area contributed by atoms with Gasteiger partial charge in [-0.25, -0.2) is 0 Å². The number of anilines is 1. The summed E-state index contributed by atoms with van der Waals surface area (Å²) in [6.45, 7) is 6.71. The molecule has 2 aromatic rings. The van der Waals surface area contributed by atoms with Crippen LogP contribution in [0.25, 0.3) is 6.08 Å². The quantitative estimate of drug-likeness (QED) is 0.564. The summed E-state index contributed by atoms with van der Waals surface area (Å²) in [5.41, 5.74) is 8.04. The van der Waals surface area contributed by atoms with Crippen molar-refractivity contribution in [3.8, 4) is 0 Å². The van der Waals surface area contributed by atoms with E-state index in [0.717, 1.165) is 35.3 Å². The molecule has 7 heteroatoms. The van der Waals surface area contributed by atoms with Crippen molar-refractivity contribution >= 4 is 57.4 Å². The summed E-state index contributed by atoms with van der Waals surface area (Å²) in [4.78, 5) is 25.7. The molecule has 1 heterocycles. The fourth-order valence-electron chi connectivity index (χ4n) is 3.62. The van der Waals surface area contributed by atoms with Crippen molar-refractivity contribution in [3.63, 3.8) is 0 Å². The predicted molar refractivity (Wildman–Crippen MR) is 122 cm³/mol. The van der Waals surface area contributed by atoms with E-state index in [4.69, 9.17) is 28.9 Å². The normalized spacial score (nSPS) is 16.7. The number of carbonyl (C=O) groups excluding carboxylic acids is 2. The zero-order valence-corrected chi connectivity index (χ0v) is 19.0. The first-order valence-electron chi connectivity index (χ1n) is 9.44. The first-order valence-corrected chi connectivity index (χ1v) is 11.0. The number of nitrogens with two attached hydrogens (primary N) is 1. The Hall–Kier alpha value is -1.82. The second-order valence-electron chi connectivity index (χ2n) is 8.37. The van der Waals surface area contributed by atoms with Gasteiger partial charge in [-0.15, -0.1) is 11.3 Å². The molecule has 1 atom stereocenters. The van der Waals surface area contributed by atoms with Gasteiger partial charge in [-0.05, 0) is 59.9 Å². The van der Waals surface area contributed by atoms with E-state index < -0.39 is 5.91 Å². The van der Waals surface area contributed by atoms with Crippen LogP contribution in [0.5, 0.6) is 0 Å². The van der Waals surface area contributed by atoms with Crippen molar-refractivity contribution in [2.24, 2.45) is 17.1 Å². The van der Waals surface area contributed by atoms with Crippen molar-refractivity contribution < 1.29 is 9.59 Å². The number of amides is 2. The van der Waals surface area contributed by atoms with Crippen LogP contribution < -0.4 is 11.1 Å². The Bertz CT molecular complexity index is 989. The molecule has 4 nitrogen and oxygen atoms in total. The zero-order valence-electron chi connectivity index (χ0n) is 16.6. The average Bonchev–Trinajstić information content (AvgIpc) is 2.99. The summed E-state index contributed by atoms with van der Waals surface area (Å²) in [6.07, 6.45) is 5.77. The SMILES string of the molecule is CC(C)(C)C1CCc2c(sc(NC(=O)C=Cc3ccc(Cl)c(Cl)c3)c2C(N)=O)C1. The molecule has 0 aliphatic heterocycles. The number of fused-ring (bicyclic) bond motifs is 1. The van der Waals surface area contributed by atoms with E-state index in [-0.39, 0.29) is 11.3 Å². The van der Waals surface area contributed by atoms with Gasteiger partial charge in [-0.2, -0.15) is 0 Å². The van der Waals surface area contributed by atoms with E-state index in [1.807, 2.05) is 0 Å². The van der Waals surface area contributed by atoms with Crippen LogP contribution in [0.1, 0.15) is 53.6 Å². The van der Waals surface area contributed by atoms with Crippen LogP contribution in [0.2, 0.25) is 10.0 Å². The highest BCUT2D eigenvalue weighted by Crippen LogP contribution is 2.44. The van der Waals surface area contributed by atoms with Gasteiger partial charge in [-0.3, -0.25) is 9.59 Å². The van der Waals surface area contributed by atoms with E-state index in [9.17, 15) is 9.59 Å². The van der Waals surface area contributed by atoms with Crippen LogP contribution in [0.3, 0.4) is 0 Å². The minimum Gasteiger partial charge on any atom is -0.365 e. The largest absolute Gasteiger partial charge is 0.365 e. The van der Waals surface area contributed by atoms with Crippen molar-refractivity contribution in [3.05, 3.63) is 55.9 Å². The maximum Gasteiger partial charge on any atom is 0.251 e. The van der Waals surface area contributed by atoms with Gasteiger partial charge < -0.3 is 11.1 Å². The minimum absolute atomic E-state index is 0.195. The van der Waals surface area contributed by atoms with Crippen molar-refractivity contribution in [1.29, 1.82) is 0 Å². The Balaban J connectivity index is 1.81. The summed E-state index contributed by atoms with van der Waals surface area (Å²) in [5.74, 6) is -0.294. The second kappa shape index (κ2) is 8.50. The van der Waals surface area contributed by atoms with Crippen LogP contribution in [0.4, 0.5) is 5.00 Å². The van der Waals surface area contributed by atoms with E-state index in [0.29, 0.717) is 26.5 Å². The molecule has 0 bridgehead atoms. The lowest BCUT2D eigenvalue weighted by Crippen LogP contribution is -2.27. The number of hydrogen-bond donors (Lipinski definition) is 2. The van der Waals surface area contributed by atoms with Crippen LogP contribution in [-0.4, -0.2) is 11.8 Å². The number of hydrogen-bond acceptors (Lipinski definition) is 3. The molecule has 0 saturated carbocycles. The second-order valence-corrected chi connectivity index (χ2v) is 10.3. The molecule has 0 spiro atoms. The van der Waals surface area contributed by atoms with Gasteiger partial charge in [0.25, 0.3) is 5.91 Å². The van der Waals surface area contributed by atoms with Crippen LogP contribution in [-0.2, 0) is 17.6 Å². The van der Waals surface area contributed by atoms with Gasteiger partial charge in [-0.1, -0.05) is 50.0 Å². The van der Waals surface area contributed by atoms with Crippen LogP contribution in [0.15, 0.2) is 24.3 Å². The van der Waals surface area contributed by atoms with Gasteiger partial charge in [0.05, 0.1) is 15.6 Å². The van der Waals surface area contributed by atoms with Crippen LogP contribution in [0, 0.1) is 11.3 Å². The predicted octanol–water partition coefficient (Wildman–Crippen LogP) is 5.96. The number of thiophene rings is 1. The lowest BCUT2D eigenvalue weighted by molar-refractivity contribution is -0.111. The molecule has 0 saturated heterocycles. The minimum atomic E-state index is -0.500. The number of halogens is 2. The molecule has 1 aliphatic rings. The summed E-state index contributed by atoms with van der Waals surface area (Å²) in [7, 11) is 0. The Morgan fingerprint density at radius 2 is 1.97 bits per heavy atom. The standard InChI is InChI=1S/C22H24Cl2N2O2S/c1-22(2,3)13-6-7-14-17(11-13)29-21(19(14)20(25)28)26-18(27)9-5-12-4-8-15(23)16(24)10-12/h4-5,8-10,13H,6-7,11H2,1-3H3,(H2,25,28)(H,26,27). The summed E-state index contributed by atoms with van der Waals surface area (Å²) in [6, 6.07) is 5.12. The van der Waals surface area contributed by atoms with Gasteiger partial charge in [0.1, 0.15) is 5.00 Å². The molecule has 2 amide bonds. The number of nitrogens with one attached hydrogen (secondary N) is 1. The van der Waals surface area contributed by atoms with E-state index >= 15 is 0 Å². The topological polar surface area (TPSA) is 72.2 Å².